The van der Waals surface area contributed by atoms with Crippen molar-refractivity contribution >= 4 is 21.7 Å². The number of aromatic nitrogens is 1. The molecule has 0 spiro atoms. The fraction of sp³-hybridized carbons (Fsp3) is 0.500. The maximum Gasteiger partial charge on any atom is 0.406 e. The Morgan fingerprint density at radius 3 is 2.88 bits per heavy atom. The van der Waals surface area contributed by atoms with E-state index < -0.39 is 4.92 Å². The Balaban J connectivity index is 2.78. The number of pyridine rings is 1. The number of hydrogen-bond acceptors (Lipinski definition) is 4. The molecule has 0 bridgehead atoms. The number of hydrogen-bond donors (Lipinski definition) is 0. The Labute approximate surface area is 102 Å². The molecule has 88 valence electrons. The molecule has 0 aliphatic heterocycles. The monoisotopic (exact) mass is 288 g/mol. The van der Waals surface area contributed by atoms with Gasteiger partial charge in [0.15, 0.2) is 0 Å². The lowest BCUT2D eigenvalue weighted by Gasteiger charge is -2.21. The average molecular weight is 289 g/mol. The Kier molecular flexibility index (Phi) is 4.23. The van der Waals surface area contributed by atoms with Crippen molar-refractivity contribution in [2.45, 2.75) is 13.8 Å². The highest BCUT2D eigenvalue weighted by molar-refractivity contribution is 9.09. The van der Waals surface area contributed by atoms with Crippen LogP contribution in [0.1, 0.15) is 13.8 Å². The predicted octanol–water partition coefficient (Wildman–Crippen LogP) is 2.79. The molecular weight excluding hydrogens is 276 g/mol. The molecule has 1 rings (SSSR count). The highest BCUT2D eigenvalue weighted by Crippen LogP contribution is 2.26. The third-order valence-electron chi connectivity index (χ3n) is 1.90. The highest BCUT2D eigenvalue weighted by Gasteiger charge is 2.21. The standard InChI is InChI=1S/C10H13BrN2O3/c1-10(2,6-11)7-16-8-4-3-5-12-9(8)13(14)15/h3-5H,6-7H2,1-2H3. The summed E-state index contributed by atoms with van der Waals surface area (Å²) in [7, 11) is 0. The van der Waals surface area contributed by atoms with Crippen LogP contribution >= 0.6 is 15.9 Å². The Morgan fingerprint density at radius 1 is 1.62 bits per heavy atom. The smallest absolute Gasteiger partial charge is 0.406 e. The van der Waals surface area contributed by atoms with Crippen molar-refractivity contribution in [3.8, 4) is 5.75 Å². The molecule has 5 nitrogen and oxygen atoms in total. The van der Waals surface area contributed by atoms with Crippen LogP contribution in [0, 0.1) is 15.5 Å². The number of alkyl halides is 1. The lowest BCUT2D eigenvalue weighted by Crippen LogP contribution is -2.23. The van der Waals surface area contributed by atoms with Gasteiger partial charge in [-0.25, -0.2) is 0 Å². The van der Waals surface area contributed by atoms with E-state index in [1.807, 2.05) is 13.8 Å². The number of nitro groups is 1. The van der Waals surface area contributed by atoms with E-state index in [4.69, 9.17) is 4.74 Å². The predicted molar refractivity (Wildman–Crippen MR) is 64.0 cm³/mol. The molecule has 1 heterocycles. The summed E-state index contributed by atoms with van der Waals surface area (Å²) in [4.78, 5) is 13.8. The van der Waals surface area contributed by atoms with Gasteiger partial charge in [0.2, 0.25) is 5.75 Å². The van der Waals surface area contributed by atoms with E-state index in [1.165, 1.54) is 6.20 Å². The summed E-state index contributed by atoms with van der Waals surface area (Å²) in [5, 5.41) is 11.4. The molecule has 0 aliphatic carbocycles. The second-order valence-corrected chi connectivity index (χ2v) is 4.73. The summed E-state index contributed by atoms with van der Waals surface area (Å²) in [6.45, 7) is 4.40. The van der Waals surface area contributed by atoms with E-state index in [9.17, 15) is 10.1 Å². The van der Waals surface area contributed by atoms with Crippen molar-refractivity contribution < 1.29 is 9.66 Å². The lowest BCUT2D eigenvalue weighted by atomic mass is 9.98. The van der Waals surface area contributed by atoms with Crippen LogP contribution in [0.5, 0.6) is 5.75 Å². The van der Waals surface area contributed by atoms with Gasteiger partial charge in [0.05, 0.1) is 6.61 Å². The molecule has 6 heteroatoms. The fourth-order valence-electron chi connectivity index (χ4n) is 0.944. The first-order chi connectivity index (χ1) is 7.46. The molecule has 0 saturated carbocycles. The van der Waals surface area contributed by atoms with E-state index in [0.29, 0.717) is 6.61 Å². The summed E-state index contributed by atoms with van der Waals surface area (Å²) in [5.74, 6) is -0.0330. The zero-order valence-electron chi connectivity index (χ0n) is 9.14. The second kappa shape index (κ2) is 5.25. The Hall–Kier alpha value is -1.17. The minimum atomic E-state index is -0.545. The van der Waals surface area contributed by atoms with E-state index in [-0.39, 0.29) is 17.0 Å². The van der Waals surface area contributed by atoms with Gasteiger partial charge in [-0.2, -0.15) is 0 Å². The summed E-state index contributed by atoms with van der Waals surface area (Å²) in [5.41, 5.74) is -0.0797. The van der Waals surface area contributed by atoms with Gasteiger partial charge in [-0.1, -0.05) is 29.8 Å². The number of ether oxygens (including phenoxy) is 1. The quantitative estimate of drug-likeness (QED) is 0.475. The summed E-state index contributed by atoms with van der Waals surface area (Å²) >= 11 is 3.36. The molecular formula is C10H13BrN2O3. The number of halogens is 1. The van der Waals surface area contributed by atoms with Crippen LogP contribution in [0.2, 0.25) is 0 Å². The molecule has 0 aliphatic rings. The average Bonchev–Trinajstić information content (AvgIpc) is 2.27. The number of rotatable bonds is 5. The fourth-order valence-corrected chi connectivity index (χ4v) is 1.11. The molecule has 0 amide bonds. The minimum Gasteiger partial charge on any atom is -0.485 e. The Bertz CT molecular complexity index is 382. The SMILES string of the molecule is CC(C)(CBr)COc1cccnc1[N+](=O)[O-]. The van der Waals surface area contributed by atoms with Gasteiger partial charge in [0, 0.05) is 10.7 Å². The topological polar surface area (TPSA) is 65.3 Å². The largest absolute Gasteiger partial charge is 0.485 e. The van der Waals surface area contributed by atoms with Gasteiger partial charge in [0.1, 0.15) is 6.20 Å². The van der Waals surface area contributed by atoms with Crippen LogP contribution in [0.4, 0.5) is 5.82 Å². The van der Waals surface area contributed by atoms with Gasteiger partial charge in [-0.3, -0.25) is 0 Å². The van der Waals surface area contributed by atoms with Crippen molar-refractivity contribution in [2.75, 3.05) is 11.9 Å². The Morgan fingerprint density at radius 2 is 2.31 bits per heavy atom. The molecule has 1 aromatic heterocycles. The van der Waals surface area contributed by atoms with Crippen LogP contribution < -0.4 is 4.74 Å². The normalized spacial score (nSPS) is 11.2. The van der Waals surface area contributed by atoms with Crippen molar-refractivity contribution in [2.24, 2.45) is 5.41 Å². The molecule has 16 heavy (non-hydrogen) atoms. The summed E-state index contributed by atoms with van der Waals surface area (Å²) in [6, 6.07) is 3.17. The van der Waals surface area contributed by atoms with Crippen LogP contribution in [-0.2, 0) is 0 Å². The third-order valence-corrected chi connectivity index (χ3v) is 3.42. The van der Waals surface area contributed by atoms with Crippen LogP contribution in [0.25, 0.3) is 0 Å². The minimum absolute atomic E-state index is 0.0797. The van der Waals surface area contributed by atoms with Crippen LogP contribution in [0.3, 0.4) is 0 Å². The van der Waals surface area contributed by atoms with Crippen molar-refractivity contribution in [3.63, 3.8) is 0 Å². The van der Waals surface area contributed by atoms with Gasteiger partial charge in [-0.05, 0) is 22.0 Å². The first-order valence-electron chi connectivity index (χ1n) is 4.74. The summed E-state index contributed by atoms with van der Waals surface area (Å²) in [6.07, 6.45) is 1.38. The molecule has 0 saturated heterocycles. The van der Waals surface area contributed by atoms with Gasteiger partial charge < -0.3 is 14.9 Å². The number of nitrogens with zero attached hydrogens (tertiary/aromatic N) is 2. The van der Waals surface area contributed by atoms with Gasteiger partial charge in [0.25, 0.3) is 0 Å². The second-order valence-electron chi connectivity index (χ2n) is 4.17. The maximum absolute atomic E-state index is 10.7. The van der Waals surface area contributed by atoms with Crippen LogP contribution in [0.15, 0.2) is 18.3 Å². The van der Waals surface area contributed by atoms with Crippen LogP contribution in [-0.4, -0.2) is 21.8 Å². The van der Waals surface area contributed by atoms with Crippen molar-refractivity contribution in [3.05, 3.63) is 28.4 Å². The zero-order valence-corrected chi connectivity index (χ0v) is 10.7. The molecule has 0 fully saturated rings. The molecule has 1 aromatic rings. The van der Waals surface area contributed by atoms with Crippen molar-refractivity contribution in [1.82, 2.24) is 4.98 Å². The van der Waals surface area contributed by atoms with E-state index >= 15 is 0 Å². The van der Waals surface area contributed by atoms with E-state index in [1.54, 1.807) is 12.1 Å². The highest BCUT2D eigenvalue weighted by atomic mass is 79.9. The molecule has 0 unspecified atom stereocenters. The molecule has 0 atom stereocenters. The van der Waals surface area contributed by atoms with Crippen molar-refractivity contribution in [1.29, 1.82) is 0 Å². The van der Waals surface area contributed by atoms with E-state index in [2.05, 4.69) is 20.9 Å². The molecule has 0 N–H and O–H groups in total. The first-order valence-corrected chi connectivity index (χ1v) is 5.86. The van der Waals surface area contributed by atoms with Gasteiger partial charge in [-0.15, -0.1) is 0 Å². The molecule has 0 radical (unpaired) electrons. The van der Waals surface area contributed by atoms with Gasteiger partial charge >= 0.3 is 5.82 Å². The third kappa shape index (κ3) is 3.44. The van der Waals surface area contributed by atoms with E-state index in [0.717, 1.165) is 5.33 Å². The zero-order chi connectivity index (χ0) is 12.2. The maximum atomic E-state index is 10.7. The first kappa shape index (κ1) is 12.9. The lowest BCUT2D eigenvalue weighted by molar-refractivity contribution is -0.390. The molecule has 0 aromatic carbocycles. The summed E-state index contributed by atoms with van der Waals surface area (Å²) < 4.78 is 5.42.